The van der Waals surface area contributed by atoms with Gasteiger partial charge >= 0.3 is 0 Å². The van der Waals surface area contributed by atoms with Crippen molar-refractivity contribution in [1.29, 1.82) is 0 Å². The molecule has 4 rings (SSSR count). The van der Waals surface area contributed by atoms with Gasteiger partial charge < -0.3 is 10.5 Å². The maximum Gasteiger partial charge on any atom is 0.122 e. The first-order valence-electron chi connectivity index (χ1n) is 12.3. The van der Waals surface area contributed by atoms with E-state index in [1.807, 2.05) is 60.8 Å². The summed E-state index contributed by atoms with van der Waals surface area (Å²) in [5, 5.41) is 0.722. The molecule has 0 spiro atoms. The summed E-state index contributed by atoms with van der Waals surface area (Å²) < 4.78 is 6.14. The van der Waals surface area contributed by atoms with Crippen LogP contribution in [0, 0.1) is 24.7 Å². The summed E-state index contributed by atoms with van der Waals surface area (Å²) in [6.07, 6.45) is 10.5. The summed E-state index contributed by atoms with van der Waals surface area (Å²) in [7, 11) is 0. The Morgan fingerprint density at radius 3 is 2.49 bits per heavy atom. The van der Waals surface area contributed by atoms with E-state index in [1.165, 1.54) is 25.7 Å². The van der Waals surface area contributed by atoms with Crippen LogP contribution in [0.25, 0.3) is 11.1 Å². The van der Waals surface area contributed by atoms with Crippen molar-refractivity contribution < 1.29 is 4.74 Å². The molecule has 2 aromatic carbocycles. The monoisotopic (exact) mass is 484 g/mol. The fourth-order valence-electron chi connectivity index (χ4n) is 4.90. The molecule has 1 unspecified atom stereocenters. The Morgan fingerprint density at radius 2 is 1.83 bits per heavy atom. The lowest BCUT2D eigenvalue weighted by Crippen LogP contribution is -2.47. The van der Waals surface area contributed by atoms with Gasteiger partial charge in [0.1, 0.15) is 11.4 Å². The van der Waals surface area contributed by atoms with Gasteiger partial charge in [-0.15, -0.1) is 6.58 Å². The summed E-state index contributed by atoms with van der Waals surface area (Å²) in [6.45, 7) is 6.58. The van der Waals surface area contributed by atoms with Crippen molar-refractivity contribution in [1.82, 2.24) is 4.98 Å². The summed E-state index contributed by atoms with van der Waals surface area (Å²) in [6, 6.07) is 17.7. The number of ether oxygens (including phenoxy) is 1. The molecule has 0 bridgehead atoms. The predicted octanol–water partition coefficient (Wildman–Crippen LogP) is 7.34. The second kappa shape index (κ2) is 11.6. The number of nitrogens with two attached hydrogens (primary N) is 1. The number of rotatable bonds is 8. The molecule has 35 heavy (non-hydrogen) atoms. The molecule has 3 aromatic rings. The molecule has 1 heterocycles. The van der Waals surface area contributed by atoms with Gasteiger partial charge in [-0.3, -0.25) is 0 Å². The number of nitrogens with zero attached hydrogens (tertiary/aromatic N) is 1. The Morgan fingerprint density at radius 1 is 1.09 bits per heavy atom. The van der Waals surface area contributed by atoms with Crippen LogP contribution in [-0.4, -0.2) is 17.1 Å². The van der Waals surface area contributed by atoms with Crippen molar-refractivity contribution in [2.45, 2.75) is 51.0 Å². The molecule has 2 N–H and O–H groups in total. The second-order valence-electron chi connectivity index (χ2n) is 9.48. The second-order valence-corrected chi connectivity index (χ2v) is 9.91. The molecule has 1 aromatic heterocycles. The highest BCUT2D eigenvalue weighted by Crippen LogP contribution is 2.37. The van der Waals surface area contributed by atoms with Crippen LogP contribution >= 0.6 is 11.6 Å². The molecule has 0 radical (unpaired) electrons. The Hall–Kier alpha value is -3.06. The quantitative estimate of drug-likeness (QED) is 0.268. The maximum atomic E-state index is 6.80. The van der Waals surface area contributed by atoms with Crippen LogP contribution in [0.2, 0.25) is 5.02 Å². The maximum absolute atomic E-state index is 6.80. The highest BCUT2D eigenvalue weighted by atomic mass is 35.5. The zero-order valence-corrected chi connectivity index (χ0v) is 21.2. The SMILES string of the molecule is C=CCC(N)(CCOc1ccc(C#Cc2ccc(-c3ccc(Cl)cc3)cn2)cc1C)C1CCCC1. The van der Waals surface area contributed by atoms with Crippen LogP contribution in [0.15, 0.2) is 73.4 Å². The van der Waals surface area contributed by atoms with E-state index in [2.05, 4.69) is 36.4 Å². The Bertz CT molecular complexity index is 1200. The van der Waals surface area contributed by atoms with E-state index in [0.29, 0.717) is 12.5 Å². The molecule has 1 atom stereocenters. The highest BCUT2D eigenvalue weighted by Gasteiger charge is 2.35. The molecule has 1 aliphatic rings. The van der Waals surface area contributed by atoms with Crippen LogP contribution in [0.3, 0.4) is 0 Å². The average molecular weight is 485 g/mol. The minimum Gasteiger partial charge on any atom is -0.493 e. The van der Waals surface area contributed by atoms with E-state index in [9.17, 15) is 0 Å². The molecule has 1 fully saturated rings. The largest absolute Gasteiger partial charge is 0.493 e. The normalized spacial score (nSPS) is 15.2. The van der Waals surface area contributed by atoms with Gasteiger partial charge in [-0.05, 0) is 92.0 Å². The summed E-state index contributed by atoms with van der Waals surface area (Å²) in [5.41, 5.74) is 11.4. The van der Waals surface area contributed by atoms with Crippen molar-refractivity contribution in [2.75, 3.05) is 6.61 Å². The molecule has 1 saturated carbocycles. The van der Waals surface area contributed by atoms with Crippen molar-refractivity contribution in [3.63, 3.8) is 0 Å². The summed E-state index contributed by atoms with van der Waals surface area (Å²) in [4.78, 5) is 4.49. The predicted molar refractivity (Wildman–Crippen MR) is 146 cm³/mol. The van der Waals surface area contributed by atoms with E-state index >= 15 is 0 Å². The van der Waals surface area contributed by atoms with Gasteiger partial charge in [0, 0.05) is 27.9 Å². The Kier molecular flexibility index (Phi) is 8.29. The van der Waals surface area contributed by atoms with E-state index < -0.39 is 0 Å². The Labute approximate surface area is 214 Å². The zero-order valence-electron chi connectivity index (χ0n) is 20.4. The van der Waals surface area contributed by atoms with Crippen LogP contribution in [0.1, 0.15) is 55.3 Å². The lowest BCUT2D eigenvalue weighted by molar-refractivity contribution is 0.200. The molecule has 0 amide bonds. The van der Waals surface area contributed by atoms with E-state index in [1.54, 1.807) is 0 Å². The molecular formula is C31H33ClN2O. The van der Waals surface area contributed by atoms with Crippen molar-refractivity contribution in [3.8, 4) is 28.7 Å². The van der Waals surface area contributed by atoms with Gasteiger partial charge in [-0.1, -0.05) is 54.6 Å². The van der Waals surface area contributed by atoms with Crippen LogP contribution in [-0.2, 0) is 0 Å². The first-order valence-corrected chi connectivity index (χ1v) is 12.7. The number of halogens is 1. The fourth-order valence-corrected chi connectivity index (χ4v) is 5.03. The van der Waals surface area contributed by atoms with Gasteiger partial charge in [0.05, 0.1) is 6.61 Å². The first kappa shape index (κ1) is 25.0. The minimum atomic E-state index is -0.215. The number of hydrogen-bond donors (Lipinski definition) is 1. The van der Waals surface area contributed by atoms with Gasteiger partial charge in [0.2, 0.25) is 0 Å². The number of hydrogen-bond acceptors (Lipinski definition) is 3. The van der Waals surface area contributed by atoms with Gasteiger partial charge in [-0.25, -0.2) is 4.98 Å². The molecule has 180 valence electrons. The zero-order chi connectivity index (χ0) is 24.7. The average Bonchev–Trinajstić information content (AvgIpc) is 3.41. The number of aryl methyl sites for hydroxylation is 1. The van der Waals surface area contributed by atoms with Gasteiger partial charge in [0.15, 0.2) is 0 Å². The highest BCUT2D eigenvalue weighted by molar-refractivity contribution is 6.30. The van der Waals surface area contributed by atoms with Crippen molar-refractivity contribution in [3.05, 3.63) is 95.3 Å². The lowest BCUT2D eigenvalue weighted by atomic mass is 9.78. The topological polar surface area (TPSA) is 48.1 Å². The first-order chi connectivity index (χ1) is 17.0. The van der Waals surface area contributed by atoms with Crippen molar-refractivity contribution >= 4 is 11.6 Å². The third-order valence-electron chi connectivity index (χ3n) is 6.97. The van der Waals surface area contributed by atoms with Crippen LogP contribution in [0.5, 0.6) is 5.75 Å². The minimum absolute atomic E-state index is 0.215. The standard InChI is InChI=1S/C31H33ClN2O/c1-3-18-31(33,27-6-4-5-7-27)19-20-35-30-17-9-24(21-23(30)2)8-15-29-16-12-26(22-34-29)25-10-13-28(32)14-11-25/h3,9-14,16-17,21-22,27H,1,4-7,18-20,33H2,2H3. The summed E-state index contributed by atoms with van der Waals surface area (Å²) in [5.74, 6) is 7.82. The summed E-state index contributed by atoms with van der Waals surface area (Å²) >= 11 is 5.97. The molecule has 4 heteroatoms. The number of benzene rings is 2. The number of pyridine rings is 1. The van der Waals surface area contributed by atoms with Crippen LogP contribution < -0.4 is 10.5 Å². The third-order valence-corrected chi connectivity index (χ3v) is 7.22. The van der Waals surface area contributed by atoms with Gasteiger partial charge in [-0.2, -0.15) is 0 Å². The van der Waals surface area contributed by atoms with E-state index in [0.717, 1.165) is 51.6 Å². The number of aromatic nitrogens is 1. The van der Waals surface area contributed by atoms with Crippen molar-refractivity contribution in [2.24, 2.45) is 11.7 Å². The molecule has 0 saturated heterocycles. The third kappa shape index (κ3) is 6.54. The molecule has 3 nitrogen and oxygen atoms in total. The molecular weight excluding hydrogens is 452 g/mol. The molecule has 1 aliphatic carbocycles. The molecule has 0 aliphatic heterocycles. The smallest absolute Gasteiger partial charge is 0.122 e. The van der Waals surface area contributed by atoms with Crippen LogP contribution in [0.4, 0.5) is 0 Å². The van der Waals surface area contributed by atoms with E-state index in [4.69, 9.17) is 22.1 Å². The van der Waals surface area contributed by atoms with E-state index in [-0.39, 0.29) is 5.54 Å². The fraction of sp³-hybridized carbons (Fsp3) is 0.323. The lowest BCUT2D eigenvalue weighted by Gasteiger charge is -2.35. The van der Waals surface area contributed by atoms with Gasteiger partial charge in [0.25, 0.3) is 0 Å². The Balaban J connectivity index is 1.36.